The van der Waals surface area contributed by atoms with Gasteiger partial charge >= 0.3 is 0 Å². The van der Waals surface area contributed by atoms with Crippen LogP contribution >= 0.6 is 0 Å². The Morgan fingerprint density at radius 3 is 2.09 bits per heavy atom. The number of aliphatic hydroxyl groups excluding tert-OH is 1. The van der Waals surface area contributed by atoms with Gasteiger partial charge in [-0.2, -0.15) is 4.31 Å². The van der Waals surface area contributed by atoms with E-state index in [1.54, 1.807) is 16.4 Å². The largest absolute Gasteiger partial charge is 0.390 e. The average molecular weight is 478 g/mol. The van der Waals surface area contributed by atoms with Gasteiger partial charge in [-0.25, -0.2) is 8.42 Å². The smallest absolute Gasteiger partial charge is 0.243 e. The van der Waals surface area contributed by atoms with Crippen LogP contribution < -0.4 is 0 Å². The first-order chi connectivity index (χ1) is 16.5. The standard InChI is InChI=1S/C27H31N3O3S/c31-26-21-28(19-22-9-3-1-4-10-22)20-25(26)29-15-17-30(18-16-29)34(32,33)27-14-8-7-13-24(27)23-11-5-2-6-12-23/h1-14,25-26,31H,15-21H2/t25-,26-/m0/s1. The monoisotopic (exact) mass is 477 g/mol. The number of benzene rings is 3. The molecule has 3 aromatic rings. The molecule has 2 aliphatic rings. The number of sulfonamides is 1. The van der Waals surface area contributed by atoms with Gasteiger partial charge in [0.15, 0.2) is 0 Å². The summed E-state index contributed by atoms with van der Waals surface area (Å²) in [6.45, 7) is 4.34. The van der Waals surface area contributed by atoms with Crippen molar-refractivity contribution >= 4 is 10.0 Å². The van der Waals surface area contributed by atoms with Gasteiger partial charge in [0, 0.05) is 57.4 Å². The van der Waals surface area contributed by atoms with Crippen LogP contribution in [0.2, 0.25) is 0 Å². The lowest BCUT2D eigenvalue weighted by Gasteiger charge is -2.38. The molecule has 2 fully saturated rings. The van der Waals surface area contributed by atoms with Gasteiger partial charge in [0.05, 0.1) is 11.0 Å². The summed E-state index contributed by atoms with van der Waals surface area (Å²) in [5.41, 5.74) is 2.87. The molecule has 0 unspecified atom stereocenters. The van der Waals surface area contributed by atoms with Gasteiger partial charge in [0.2, 0.25) is 10.0 Å². The maximum absolute atomic E-state index is 13.6. The fourth-order valence-corrected chi connectivity index (χ4v) is 6.78. The molecule has 0 spiro atoms. The normalized spacial score (nSPS) is 22.7. The highest BCUT2D eigenvalue weighted by molar-refractivity contribution is 7.89. The number of nitrogens with zero attached hydrogens (tertiary/aromatic N) is 3. The summed E-state index contributed by atoms with van der Waals surface area (Å²) in [5, 5.41) is 10.7. The molecule has 178 valence electrons. The van der Waals surface area contributed by atoms with E-state index in [-0.39, 0.29) is 6.04 Å². The number of likely N-dealkylation sites (tertiary alicyclic amines) is 1. The van der Waals surface area contributed by atoms with E-state index in [2.05, 4.69) is 21.9 Å². The van der Waals surface area contributed by atoms with Gasteiger partial charge in [0.25, 0.3) is 0 Å². The van der Waals surface area contributed by atoms with Crippen molar-refractivity contribution in [3.8, 4) is 11.1 Å². The second kappa shape index (κ2) is 9.98. The number of rotatable bonds is 6. The quantitative estimate of drug-likeness (QED) is 0.592. The van der Waals surface area contributed by atoms with E-state index >= 15 is 0 Å². The molecule has 2 aliphatic heterocycles. The van der Waals surface area contributed by atoms with E-state index in [1.807, 2.05) is 60.7 Å². The number of hydrogen-bond donors (Lipinski definition) is 1. The number of piperazine rings is 1. The molecule has 7 heteroatoms. The van der Waals surface area contributed by atoms with Crippen molar-refractivity contribution in [3.05, 3.63) is 90.5 Å². The van der Waals surface area contributed by atoms with Crippen molar-refractivity contribution in [1.82, 2.24) is 14.1 Å². The van der Waals surface area contributed by atoms with Crippen molar-refractivity contribution in [2.75, 3.05) is 39.3 Å². The Morgan fingerprint density at radius 1 is 0.765 bits per heavy atom. The molecule has 5 rings (SSSR count). The van der Waals surface area contributed by atoms with Crippen LogP contribution in [0.25, 0.3) is 11.1 Å². The van der Waals surface area contributed by atoms with E-state index in [9.17, 15) is 13.5 Å². The van der Waals surface area contributed by atoms with Gasteiger partial charge in [-0.15, -0.1) is 0 Å². The molecule has 2 heterocycles. The third kappa shape index (κ3) is 4.80. The molecule has 0 aromatic heterocycles. The molecule has 2 saturated heterocycles. The first kappa shape index (κ1) is 23.2. The minimum absolute atomic E-state index is 0.0326. The van der Waals surface area contributed by atoms with Gasteiger partial charge in [-0.3, -0.25) is 9.80 Å². The third-order valence-electron chi connectivity index (χ3n) is 6.92. The lowest BCUT2D eigenvalue weighted by Crippen LogP contribution is -2.54. The summed E-state index contributed by atoms with van der Waals surface area (Å²) in [7, 11) is -3.62. The van der Waals surface area contributed by atoms with Gasteiger partial charge in [-0.05, 0) is 17.2 Å². The number of β-amino-alcohol motifs (C(OH)–C–C–N with tert-alkyl or cyclic N) is 1. The van der Waals surface area contributed by atoms with Crippen LogP contribution in [0.4, 0.5) is 0 Å². The van der Waals surface area contributed by atoms with E-state index < -0.39 is 16.1 Å². The SMILES string of the molecule is O=S(=O)(c1ccccc1-c1ccccc1)N1CCN([C@H]2CN(Cc3ccccc3)C[C@@H]2O)CC1. The molecule has 0 aliphatic carbocycles. The zero-order chi connectivity index (χ0) is 23.5. The van der Waals surface area contributed by atoms with Crippen LogP contribution in [0.5, 0.6) is 0 Å². The van der Waals surface area contributed by atoms with Crippen LogP contribution in [0, 0.1) is 0 Å². The van der Waals surface area contributed by atoms with Crippen LogP contribution in [0.1, 0.15) is 5.56 Å². The Morgan fingerprint density at radius 2 is 1.38 bits per heavy atom. The van der Waals surface area contributed by atoms with Gasteiger partial charge < -0.3 is 5.11 Å². The van der Waals surface area contributed by atoms with E-state index in [0.717, 1.165) is 24.2 Å². The molecule has 0 bridgehead atoms. The lowest BCUT2D eigenvalue weighted by atomic mass is 10.1. The van der Waals surface area contributed by atoms with E-state index in [4.69, 9.17) is 0 Å². The fraction of sp³-hybridized carbons (Fsp3) is 0.333. The second-order valence-electron chi connectivity index (χ2n) is 9.12. The molecule has 3 aromatic carbocycles. The lowest BCUT2D eigenvalue weighted by molar-refractivity contribution is 0.0618. The topological polar surface area (TPSA) is 64.1 Å². The molecular formula is C27H31N3O3S. The number of hydrogen-bond acceptors (Lipinski definition) is 5. The van der Waals surface area contributed by atoms with Crippen molar-refractivity contribution in [3.63, 3.8) is 0 Å². The first-order valence-electron chi connectivity index (χ1n) is 11.9. The predicted molar refractivity (Wildman–Crippen MR) is 134 cm³/mol. The summed E-state index contributed by atoms with van der Waals surface area (Å²) in [5.74, 6) is 0. The highest BCUT2D eigenvalue weighted by Gasteiger charge is 2.38. The van der Waals surface area contributed by atoms with E-state index in [0.29, 0.717) is 37.6 Å². The van der Waals surface area contributed by atoms with Crippen molar-refractivity contribution < 1.29 is 13.5 Å². The molecule has 2 atom stereocenters. The summed E-state index contributed by atoms with van der Waals surface area (Å²) >= 11 is 0. The molecule has 1 N–H and O–H groups in total. The fourth-order valence-electron chi connectivity index (χ4n) is 5.14. The van der Waals surface area contributed by atoms with Crippen molar-refractivity contribution in [1.29, 1.82) is 0 Å². The minimum atomic E-state index is -3.62. The first-order valence-corrected chi connectivity index (χ1v) is 13.3. The molecule has 0 saturated carbocycles. The third-order valence-corrected chi connectivity index (χ3v) is 8.87. The zero-order valence-electron chi connectivity index (χ0n) is 19.2. The molecule has 34 heavy (non-hydrogen) atoms. The molecule has 0 radical (unpaired) electrons. The predicted octanol–water partition coefficient (Wildman–Crippen LogP) is 2.91. The molecule has 0 amide bonds. The van der Waals surface area contributed by atoms with Gasteiger partial charge in [0.1, 0.15) is 0 Å². The van der Waals surface area contributed by atoms with Crippen LogP contribution in [0.3, 0.4) is 0 Å². The summed E-state index contributed by atoms with van der Waals surface area (Å²) in [4.78, 5) is 4.89. The average Bonchev–Trinajstić information content (AvgIpc) is 3.25. The molecule has 6 nitrogen and oxygen atoms in total. The Labute approximate surface area is 202 Å². The zero-order valence-corrected chi connectivity index (χ0v) is 20.0. The van der Waals surface area contributed by atoms with Crippen LogP contribution in [-0.2, 0) is 16.6 Å². The minimum Gasteiger partial charge on any atom is -0.390 e. The second-order valence-corrected chi connectivity index (χ2v) is 11.0. The van der Waals surface area contributed by atoms with Crippen molar-refractivity contribution in [2.45, 2.75) is 23.6 Å². The maximum Gasteiger partial charge on any atom is 0.243 e. The summed E-state index contributed by atoms with van der Waals surface area (Å²) < 4.78 is 28.7. The summed E-state index contributed by atoms with van der Waals surface area (Å²) in [6.07, 6.45) is -0.425. The maximum atomic E-state index is 13.6. The Bertz CT molecular complexity index is 1200. The Balaban J connectivity index is 1.25. The van der Waals surface area contributed by atoms with Gasteiger partial charge in [-0.1, -0.05) is 78.9 Å². The highest BCUT2D eigenvalue weighted by Crippen LogP contribution is 2.30. The number of aliphatic hydroxyl groups is 1. The van der Waals surface area contributed by atoms with Crippen LogP contribution in [0.15, 0.2) is 89.8 Å². The Kier molecular flexibility index (Phi) is 6.81. The Hall–Kier alpha value is -2.55. The molecular weight excluding hydrogens is 446 g/mol. The van der Waals surface area contributed by atoms with E-state index in [1.165, 1.54) is 5.56 Å². The highest BCUT2D eigenvalue weighted by atomic mass is 32.2. The van der Waals surface area contributed by atoms with Crippen LogP contribution in [-0.4, -0.2) is 79.0 Å². The van der Waals surface area contributed by atoms with Crippen molar-refractivity contribution in [2.24, 2.45) is 0 Å². The summed E-state index contributed by atoms with van der Waals surface area (Å²) in [6, 6.07) is 27.2.